The Labute approximate surface area is 210 Å². The fraction of sp³-hybridized carbons (Fsp3) is 0.360. The quantitative estimate of drug-likeness (QED) is 0.479. The number of amides is 1. The van der Waals surface area contributed by atoms with Crippen LogP contribution in [0.5, 0.6) is 0 Å². The molecule has 1 fully saturated rings. The number of nitrogens with zero attached hydrogens (tertiary/aromatic N) is 3. The number of pyridine rings is 1. The molecule has 0 bridgehead atoms. The van der Waals surface area contributed by atoms with Crippen molar-refractivity contribution in [2.45, 2.75) is 38.9 Å². The highest BCUT2D eigenvalue weighted by molar-refractivity contribution is 6.04. The summed E-state index contributed by atoms with van der Waals surface area (Å²) in [5, 5.41) is 14.7. The van der Waals surface area contributed by atoms with Crippen LogP contribution in [-0.4, -0.2) is 63.0 Å². The topological polar surface area (TPSA) is 120 Å². The summed E-state index contributed by atoms with van der Waals surface area (Å²) < 4.78 is 33.6. The molecule has 0 spiro atoms. The fourth-order valence-corrected chi connectivity index (χ4v) is 4.02. The first-order valence-electron chi connectivity index (χ1n) is 11.5. The first kappa shape index (κ1) is 27.7. The third kappa shape index (κ3) is 7.06. The summed E-state index contributed by atoms with van der Waals surface area (Å²) in [7, 11) is 2.11. The van der Waals surface area contributed by atoms with E-state index in [4.69, 9.17) is 9.90 Å². The highest BCUT2D eigenvalue weighted by Crippen LogP contribution is 2.27. The lowest BCUT2D eigenvalue weighted by Gasteiger charge is -2.30. The number of piperidine rings is 1. The number of H-pyrrole nitrogens is 1. The van der Waals surface area contributed by atoms with Crippen LogP contribution in [0.25, 0.3) is 11.1 Å². The number of anilines is 1. The Bertz CT molecular complexity index is 1310. The van der Waals surface area contributed by atoms with E-state index in [0.29, 0.717) is 5.82 Å². The van der Waals surface area contributed by atoms with E-state index in [-0.39, 0.29) is 11.6 Å². The summed E-state index contributed by atoms with van der Waals surface area (Å²) in [6, 6.07) is 13.5. The van der Waals surface area contributed by atoms with Gasteiger partial charge in [0.1, 0.15) is 11.4 Å². The van der Waals surface area contributed by atoms with Crippen molar-refractivity contribution in [2.75, 3.05) is 25.5 Å². The van der Waals surface area contributed by atoms with E-state index in [0.717, 1.165) is 48.4 Å². The number of halogens is 3. The Hall–Kier alpha value is -3.93. The molecule has 9 nitrogen and oxygen atoms in total. The number of aliphatic carboxylic acids is 1. The van der Waals surface area contributed by atoms with E-state index in [9.17, 15) is 22.8 Å². The van der Waals surface area contributed by atoms with E-state index >= 15 is 0 Å². The van der Waals surface area contributed by atoms with E-state index < -0.39 is 23.6 Å². The molecule has 37 heavy (non-hydrogen) atoms. The molecule has 0 atom stereocenters. The van der Waals surface area contributed by atoms with Gasteiger partial charge < -0.3 is 20.3 Å². The first-order chi connectivity index (χ1) is 17.4. The third-order valence-corrected chi connectivity index (χ3v) is 5.94. The predicted molar refractivity (Wildman–Crippen MR) is 132 cm³/mol. The van der Waals surface area contributed by atoms with Gasteiger partial charge in [0.15, 0.2) is 0 Å². The summed E-state index contributed by atoms with van der Waals surface area (Å²) in [4.78, 5) is 39.6. The highest BCUT2D eigenvalue weighted by atomic mass is 19.4. The molecule has 3 heterocycles. The van der Waals surface area contributed by atoms with Crippen LogP contribution in [0.2, 0.25) is 0 Å². The number of likely N-dealkylation sites (tertiary alicyclic amines) is 1. The predicted octanol–water partition coefficient (Wildman–Crippen LogP) is 4.01. The molecule has 0 unspecified atom stereocenters. The average molecular weight is 520 g/mol. The normalized spacial score (nSPS) is 14.5. The van der Waals surface area contributed by atoms with Crippen molar-refractivity contribution in [2.24, 2.45) is 0 Å². The molecule has 1 aliphatic heterocycles. The van der Waals surface area contributed by atoms with Crippen LogP contribution in [0.4, 0.5) is 19.0 Å². The number of alkyl halides is 3. The van der Waals surface area contributed by atoms with E-state index in [1.807, 2.05) is 54.9 Å². The maximum Gasteiger partial charge on any atom is 0.490 e. The van der Waals surface area contributed by atoms with Crippen LogP contribution in [0.1, 0.15) is 40.6 Å². The fourth-order valence-electron chi connectivity index (χ4n) is 4.02. The summed E-state index contributed by atoms with van der Waals surface area (Å²) in [6.07, 6.45) is -3.13. The molecule has 3 aromatic rings. The molecule has 1 saturated heterocycles. The molecule has 3 N–H and O–H groups in total. The Morgan fingerprint density at radius 2 is 1.70 bits per heavy atom. The first-order valence-corrected chi connectivity index (χ1v) is 11.5. The number of aromatic nitrogens is 3. The lowest BCUT2D eigenvalue weighted by molar-refractivity contribution is -0.192. The van der Waals surface area contributed by atoms with Crippen molar-refractivity contribution in [3.8, 4) is 11.1 Å². The van der Waals surface area contributed by atoms with Crippen molar-refractivity contribution in [1.82, 2.24) is 19.7 Å². The van der Waals surface area contributed by atoms with E-state index in [1.165, 1.54) is 0 Å². The van der Waals surface area contributed by atoms with Crippen molar-refractivity contribution in [1.29, 1.82) is 0 Å². The Morgan fingerprint density at radius 1 is 1.11 bits per heavy atom. The maximum atomic E-state index is 13.0. The van der Waals surface area contributed by atoms with Gasteiger partial charge >= 0.3 is 12.1 Å². The molecule has 1 aliphatic rings. The van der Waals surface area contributed by atoms with Crippen LogP contribution < -0.4 is 10.9 Å². The Kier molecular flexibility index (Phi) is 8.53. The summed E-state index contributed by atoms with van der Waals surface area (Å²) >= 11 is 0. The monoisotopic (exact) mass is 519 g/mol. The van der Waals surface area contributed by atoms with E-state index in [1.54, 1.807) is 6.07 Å². The van der Waals surface area contributed by atoms with Gasteiger partial charge in [-0.05, 0) is 58.5 Å². The number of aryl methyl sites for hydroxylation is 2. The number of rotatable bonds is 4. The van der Waals surface area contributed by atoms with Crippen molar-refractivity contribution in [3.05, 3.63) is 69.8 Å². The Balaban J connectivity index is 0.000000479. The number of carboxylic acids is 1. The second-order valence-electron chi connectivity index (χ2n) is 8.82. The molecule has 4 rings (SSSR count). The SMILES string of the molecule is Cc1cc(NC(=O)c2cc(-c3ccccc3)c(C)[nH]c2=O)n(C2CCN(C)CC2)n1.O=C(O)C(F)(F)F. The van der Waals surface area contributed by atoms with Gasteiger partial charge in [-0.1, -0.05) is 30.3 Å². The van der Waals surface area contributed by atoms with Gasteiger partial charge in [0.25, 0.3) is 11.5 Å². The zero-order chi connectivity index (χ0) is 27.3. The van der Waals surface area contributed by atoms with Crippen molar-refractivity contribution < 1.29 is 27.9 Å². The molecule has 12 heteroatoms. The van der Waals surface area contributed by atoms with Crippen LogP contribution >= 0.6 is 0 Å². The zero-order valence-electron chi connectivity index (χ0n) is 20.6. The molecule has 0 saturated carbocycles. The van der Waals surface area contributed by atoms with Crippen molar-refractivity contribution >= 4 is 17.7 Å². The number of carboxylic acid groups (broad SMARTS) is 1. The largest absolute Gasteiger partial charge is 0.490 e. The maximum absolute atomic E-state index is 13.0. The Morgan fingerprint density at radius 3 is 2.27 bits per heavy atom. The number of carbonyl (C=O) groups is 2. The second-order valence-corrected chi connectivity index (χ2v) is 8.82. The van der Waals surface area contributed by atoms with Gasteiger partial charge in [-0.2, -0.15) is 18.3 Å². The number of carbonyl (C=O) groups excluding carboxylic acids is 1. The van der Waals surface area contributed by atoms with Crippen LogP contribution in [-0.2, 0) is 4.79 Å². The number of benzene rings is 1. The van der Waals surface area contributed by atoms with Gasteiger partial charge in [0.05, 0.1) is 11.7 Å². The number of aromatic amines is 1. The van der Waals surface area contributed by atoms with E-state index in [2.05, 4.69) is 27.3 Å². The highest BCUT2D eigenvalue weighted by Gasteiger charge is 2.38. The lowest BCUT2D eigenvalue weighted by Crippen LogP contribution is -2.33. The lowest BCUT2D eigenvalue weighted by atomic mass is 10.0. The number of nitrogens with one attached hydrogen (secondary N) is 2. The van der Waals surface area contributed by atoms with Crippen LogP contribution in [0.3, 0.4) is 0 Å². The molecule has 198 valence electrons. The molecule has 2 aromatic heterocycles. The molecule has 0 aliphatic carbocycles. The summed E-state index contributed by atoms with van der Waals surface area (Å²) in [5.74, 6) is -2.55. The molecule has 1 amide bonds. The van der Waals surface area contributed by atoms with Gasteiger partial charge in [0.2, 0.25) is 0 Å². The van der Waals surface area contributed by atoms with Gasteiger partial charge in [-0.3, -0.25) is 9.59 Å². The summed E-state index contributed by atoms with van der Waals surface area (Å²) in [5.41, 5.74) is 3.05. The molecule has 1 aromatic carbocycles. The zero-order valence-corrected chi connectivity index (χ0v) is 20.6. The summed E-state index contributed by atoms with van der Waals surface area (Å²) in [6.45, 7) is 5.74. The average Bonchev–Trinajstić information content (AvgIpc) is 3.19. The standard InChI is InChI=1S/C23H27N5O2.C2HF3O2/c1-15-13-21(28(26-15)18-9-11-27(3)12-10-18)25-23(30)20-14-19(16(2)24-22(20)29)17-7-5-4-6-8-17;3-2(4,5)1(6)7/h4-8,13-14,18H,9-12H2,1-3H3,(H,24,29)(H,25,30);(H,6,7). The minimum Gasteiger partial charge on any atom is -0.475 e. The van der Waals surface area contributed by atoms with Crippen molar-refractivity contribution in [3.63, 3.8) is 0 Å². The van der Waals surface area contributed by atoms with Crippen LogP contribution in [0, 0.1) is 13.8 Å². The smallest absolute Gasteiger partial charge is 0.475 e. The third-order valence-electron chi connectivity index (χ3n) is 5.94. The van der Waals surface area contributed by atoms with Crippen LogP contribution in [0.15, 0.2) is 47.3 Å². The second kappa shape index (κ2) is 11.4. The minimum atomic E-state index is -5.08. The number of hydrogen-bond donors (Lipinski definition) is 3. The molecular formula is C25H28F3N5O4. The number of hydrogen-bond acceptors (Lipinski definition) is 5. The van der Waals surface area contributed by atoms with Gasteiger partial charge in [-0.25, -0.2) is 9.48 Å². The van der Waals surface area contributed by atoms with Gasteiger partial charge in [-0.15, -0.1) is 0 Å². The molecule has 0 radical (unpaired) electrons. The van der Waals surface area contributed by atoms with Gasteiger partial charge in [0, 0.05) is 17.3 Å². The molecular weight excluding hydrogens is 491 g/mol. The minimum absolute atomic E-state index is 0.0910.